The van der Waals surface area contributed by atoms with Crippen molar-refractivity contribution in [1.82, 2.24) is 5.43 Å². The zero-order valence-electron chi connectivity index (χ0n) is 17.0. The fourth-order valence-corrected chi connectivity index (χ4v) is 3.34. The number of nitrogens with zero attached hydrogens (tertiary/aromatic N) is 2. The molecule has 0 aliphatic heterocycles. The number of non-ortho nitro benzene ring substituents is 1. The number of halogens is 5. The molecule has 0 bridgehead atoms. The fraction of sp³-hybridized carbons (Fsp3) is 0.0909. The molecule has 0 fully saturated rings. The molecule has 7 nitrogen and oxygen atoms in total. The van der Waals surface area contributed by atoms with E-state index in [4.69, 9.17) is 27.9 Å². The molecule has 0 spiro atoms. The fourth-order valence-electron chi connectivity index (χ4n) is 2.73. The summed E-state index contributed by atoms with van der Waals surface area (Å²) in [6, 6.07) is 12.6. The number of rotatable bonds is 7. The summed E-state index contributed by atoms with van der Waals surface area (Å²) in [7, 11) is 0. The zero-order valence-corrected chi connectivity index (χ0v) is 18.5. The van der Waals surface area contributed by atoms with Gasteiger partial charge in [0.2, 0.25) is 0 Å². The maximum absolute atomic E-state index is 12.8. The van der Waals surface area contributed by atoms with Gasteiger partial charge in [0, 0.05) is 17.7 Å². The molecule has 0 aliphatic rings. The standard InChI is InChI=1S/C22H14Cl2F3N3O4/c23-18-8-14(11-28-29-21(31)15-2-1-3-16(10-15)22(25,26)27)9-19(24)20(18)34-12-13-4-6-17(7-5-13)30(32)33/h1-11H,12H2,(H,29,31)/b28-11-. The lowest BCUT2D eigenvalue weighted by Gasteiger charge is -2.11. The third-order valence-corrected chi connectivity index (χ3v) is 4.94. The Morgan fingerprint density at radius 2 is 1.74 bits per heavy atom. The monoisotopic (exact) mass is 511 g/mol. The molecule has 0 atom stereocenters. The van der Waals surface area contributed by atoms with Crippen molar-refractivity contribution in [2.75, 3.05) is 0 Å². The third kappa shape index (κ3) is 6.46. The van der Waals surface area contributed by atoms with Gasteiger partial charge in [0.25, 0.3) is 11.6 Å². The van der Waals surface area contributed by atoms with Crippen LogP contribution in [-0.2, 0) is 12.8 Å². The van der Waals surface area contributed by atoms with E-state index in [1.165, 1.54) is 48.7 Å². The van der Waals surface area contributed by atoms with Gasteiger partial charge in [-0.05, 0) is 53.6 Å². The van der Waals surface area contributed by atoms with Gasteiger partial charge in [-0.3, -0.25) is 14.9 Å². The van der Waals surface area contributed by atoms with Crippen molar-refractivity contribution >= 4 is 41.0 Å². The number of ether oxygens (including phenoxy) is 1. The number of hydrogen-bond acceptors (Lipinski definition) is 5. The van der Waals surface area contributed by atoms with Crippen LogP contribution in [0.25, 0.3) is 0 Å². The molecule has 0 saturated carbocycles. The Bertz CT molecular complexity index is 1230. The van der Waals surface area contributed by atoms with Crippen LogP contribution in [0, 0.1) is 10.1 Å². The van der Waals surface area contributed by atoms with Crippen molar-refractivity contribution in [3.8, 4) is 5.75 Å². The molecule has 0 saturated heterocycles. The Kier molecular flexibility index (Phi) is 7.75. The van der Waals surface area contributed by atoms with E-state index in [2.05, 4.69) is 10.5 Å². The number of nitro groups is 1. The zero-order chi connectivity index (χ0) is 24.9. The number of carbonyl (C=O) groups is 1. The minimum atomic E-state index is -4.57. The van der Waals surface area contributed by atoms with Gasteiger partial charge in [-0.25, -0.2) is 5.43 Å². The Hall–Kier alpha value is -3.63. The summed E-state index contributed by atoms with van der Waals surface area (Å²) in [5.41, 5.74) is 1.97. The Balaban J connectivity index is 1.64. The average Bonchev–Trinajstić information content (AvgIpc) is 2.78. The van der Waals surface area contributed by atoms with Crippen molar-refractivity contribution < 1.29 is 27.6 Å². The van der Waals surface area contributed by atoms with Crippen molar-refractivity contribution in [3.63, 3.8) is 0 Å². The lowest BCUT2D eigenvalue weighted by Crippen LogP contribution is -2.18. The van der Waals surface area contributed by atoms with Crippen molar-refractivity contribution in [2.45, 2.75) is 12.8 Å². The molecule has 176 valence electrons. The first kappa shape index (κ1) is 25.0. The van der Waals surface area contributed by atoms with Gasteiger partial charge < -0.3 is 4.74 Å². The summed E-state index contributed by atoms with van der Waals surface area (Å²) in [6.45, 7) is 0.0535. The second-order valence-corrected chi connectivity index (χ2v) is 7.62. The molecule has 3 aromatic carbocycles. The molecule has 1 amide bonds. The normalized spacial score (nSPS) is 11.4. The number of hydrazone groups is 1. The van der Waals surface area contributed by atoms with E-state index >= 15 is 0 Å². The van der Waals surface area contributed by atoms with E-state index in [1.807, 2.05) is 0 Å². The lowest BCUT2D eigenvalue weighted by atomic mass is 10.1. The summed E-state index contributed by atoms with van der Waals surface area (Å²) >= 11 is 12.4. The second-order valence-electron chi connectivity index (χ2n) is 6.80. The van der Waals surface area contributed by atoms with Crippen LogP contribution in [-0.4, -0.2) is 17.0 Å². The van der Waals surface area contributed by atoms with Gasteiger partial charge >= 0.3 is 6.18 Å². The van der Waals surface area contributed by atoms with Crippen LogP contribution < -0.4 is 10.2 Å². The van der Waals surface area contributed by atoms with E-state index in [1.54, 1.807) is 0 Å². The van der Waals surface area contributed by atoms with Gasteiger partial charge in [0.05, 0.1) is 26.7 Å². The SMILES string of the molecule is O=C(N/N=C\c1cc(Cl)c(OCc2ccc([N+](=O)[O-])cc2)c(Cl)c1)c1cccc(C(F)(F)F)c1. The van der Waals surface area contributed by atoms with Gasteiger partial charge in [0.15, 0.2) is 5.75 Å². The summed E-state index contributed by atoms with van der Waals surface area (Å²) in [5.74, 6) is -0.658. The molecule has 34 heavy (non-hydrogen) atoms. The number of carbonyl (C=O) groups excluding carboxylic acids is 1. The highest BCUT2D eigenvalue weighted by Crippen LogP contribution is 2.34. The highest BCUT2D eigenvalue weighted by Gasteiger charge is 2.30. The number of alkyl halides is 3. The first-order chi connectivity index (χ1) is 16.0. The lowest BCUT2D eigenvalue weighted by molar-refractivity contribution is -0.384. The number of nitro benzene ring substituents is 1. The van der Waals surface area contributed by atoms with Crippen molar-refractivity contribution in [2.24, 2.45) is 5.10 Å². The predicted molar refractivity (Wildman–Crippen MR) is 120 cm³/mol. The van der Waals surface area contributed by atoms with Gasteiger partial charge in [0.1, 0.15) is 6.61 Å². The van der Waals surface area contributed by atoms with Crippen LogP contribution in [0.15, 0.2) is 65.8 Å². The maximum Gasteiger partial charge on any atom is 0.416 e. The Labute approximate surface area is 200 Å². The first-order valence-electron chi connectivity index (χ1n) is 9.40. The second kappa shape index (κ2) is 10.5. The predicted octanol–water partition coefficient (Wildman–Crippen LogP) is 6.26. The van der Waals surface area contributed by atoms with E-state index in [0.29, 0.717) is 11.1 Å². The number of benzene rings is 3. The van der Waals surface area contributed by atoms with Crippen molar-refractivity contribution in [3.05, 3.63) is 103 Å². The molecular weight excluding hydrogens is 498 g/mol. The van der Waals surface area contributed by atoms with Gasteiger partial charge in [-0.15, -0.1) is 0 Å². The maximum atomic E-state index is 12.8. The van der Waals surface area contributed by atoms with Crippen molar-refractivity contribution in [1.29, 1.82) is 0 Å². The quantitative estimate of drug-likeness (QED) is 0.230. The molecule has 12 heteroatoms. The van der Waals surface area contributed by atoms with E-state index in [-0.39, 0.29) is 33.7 Å². The molecule has 3 rings (SSSR count). The molecular formula is C22H14Cl2F3N3O4. The summed E-state index contributed by atoms with van der Waals surface area (Å²) in [5, 5.41) is 14.7. The highest BCUT2D eigenvalue weighted by molar-refractivity contribution is 6.37. The van der Waals surface area contributed by atoms with Crippen LogP contribution >= 0.6 is 23.2 Å². The number of amides is 1. The third-order valence-electron chi connectivity index (χ3n) is 4.38. The largest absolute Gasteiger partial charge is 0.486 e. The molecule has 0 heterocycles. The molecule has 0 aromatic heterocycles. The minimum Gasteiger partial charge on any atom is -0.486 e. The van der Waals surface area contributed by atoms with E-state index < -0.39 is 22.6 Å². The number of hydrogen-bond donors (Lipinski definition) is 1. The minimum absolute atomic E-state index is 0.0522. The number of nitrogens with one attached hydrogen (secondary N) is 1. The van der Waals surface area contributed by atoms with Crippen LogP contribution in [0.4, 0.5) is 18.9 Å². The Morgan fingerprint density at radius 1 is 1.09 bits per heavy atom. The highest BCUT2D eigenvalue weighted by atomic mass is 35.5. The molecule has 3 aromatic rings. The summed E-state index contributed by atoms with van der Waals surface area (Å²) in [6.07, 6.45) is -3.36. The molecule has 1 N–H and O–H groups in total. The first-order valence-corrected chi connectivity index (χ1v) is 10.2. The Morgan fingerprint density at radius 3 is 2.32 bits per heavy atom. The van der Waals surface area contributed by atoms with Crippen LogP contribution in [0.3, 0.4) is 0 Å². The van der Waals surface area contributed by atoms with E-state index in [0.717, 1.165) is 18.2 Å². The smallest absolute Gasteiger partial charge is 0.416 e. The summed E-state index contributed by atoms with van der Waals surface area (Å²) in [4.78, 5) is 22.3. The van der Waals surface area contributed by atoms with Crippen LogP contribution in [0.1, 0.15) is 27.0 Å². The summed E-state index contributed by atoms with van der Waals surface area (Å²) < 4.78 is 44.0. The average molecular weight is 512 g/mol. The van der Waals surface area contributed by atoms with E-state index in [9.17, 15) is 28.1 Å². The topological polar surface area (TPSA) is 93.8 Å². The molecule has 0 aliphatic carbocycles. The molecule has 0 unspecified atom stereocenters. The van der Waals surface area contributed by atoms with Crippen LogP contribution in [0.2, 0.25) is 10.0 Å². The van der Waals surface area contributed by atoms with Crippen LogP contribution in [0.5, 0.6) is 5.75 Å². The van der Waals surface area contributed by atoms with Gasteiger partial charge in [-0.2, -0.15) is 18.3 Å². The molecule has 0 radical (unpaired) electrons. The van der Waals surface area contributed by atoms with Gasteiger partial charge in [-0.1, -0.05) is 29.3 Å².